The van der Waals surface area contributed by atoms with Crippen molar-refractivity contribution in [2.24, 2.45) is 11.8 Å². The maximum atomic E-state index is 3.76. The third-order valence-corrected chi connectivity index (χ3v) is 4.64. The van der Waals surface area contributed by atoms with E-state index in [9.17, 15) is 0 Å². The second-order valence-electron chi connectivity index (χ2n) is 6.58. The molecule has 3 saturated carbocycles. The smallest absolute Gasteiger partial charge is 0.0107 e. The summed E-state index contributed by atoms with van der Waals surface area (Å²) in [7, 11) is 0. The van der Waals surface area contributed by atoms with Crippen molar-refractivity contribution in [3.05, 3.63) is 0 Å². The Morgan fingerprint density at radius 3 is 1.94 bits per heavy atom. The van der Waals surface area contributed by atoms with Crippen LogP contribution in [0.15, 0.2) is 0 Å². The molecule has 0 heterocycles. The van der Waals surface area contributed by atoms with E-state index in [1.165, 1.54) is 77.5 Å². The fourth-order valence-corrected chi connectivity index (χ4v) is 3.14. The molecule has 0 unspecified atom stereocenters. The Labute approximate surface area is 106 Å². The first-order valence-electron chi connectivity index (χ1n) is 7.86. The first-order chi connectivity index (χ1) is 8.40. The molecule has 17 heavy (non-hydrogen) atoms. The van der Waals surface area contributed by atoms with Crippen LogP contribution in [-0.4, -0.2) is 37.1 Å². The summed E-state index contributed by atoms with van der Waals surface area (Å²) in [5, 5.41) is 3.76. The standard InChI is InChI=1S/C15H28N2/c1-2-4-15(3-1)16-9-10-17(11-13-5-6-13)12-14-7-8-14/h13-16H,1-12H2. The molecule has 1 N–H and O–H groups in total. The van der Waals surface area contributed by atoms with E-state index < -0.39 is 0 Å². The molecule has 3 rings (SSSR count). The van der Waals surface area contributed by atoms with Gasteiger partial charge in [0.2, 0.25) is 0 Å². The van der Waals surface area contributed by atoms with Crippen molar-refractivity contribution in [2.75, 3.05) is 26.2 Å². The highest BCUT2D eigenvalue weighted by atomic mass is 15.1. The van der Waals surface area contributed by atoms with Crippen LogP contribution in [0.5, 0.6) is 0 Å². The zero-order valence-corrected chi connectivity index (χ0v) is 11.2. The van der Waals surface area contributed by atoms with E-state index in [0.717, 1.165) is 17.9 Å². The number of rotatable bonds is 8. The van der Waals surface area contributed by atoms with Crippen molar-refractivity contribution in [2.45, 2.75) is 57.4 Å². The van der Waals surface area contributed by atoms with Crippen molar-refractivity contribution in [1.29, 1.82) is 0 Å². The van der Waals surface area contributed by atoms with Crippen LogP contribution >= 0.6 is 0 Å². The molecule has 0 aliphatic heterocycles. The van der Waals surface area contributed by atoms with Crippen LogP contribution in [0.4, 0.5) is 0 Å². The lowest BCUT2D eigenvalue weighted by atomic mass is 10.2. The molecular formula is C15H28N2. The Morgan fingerprint density at radius 1 is 0.824 bits per heavy atom. The fraction of sp³-hybridized carbons (Fsp3) is 1.00. The number of nitrogens with one attached hydrogen (secondary N) is 1. The van der Waals surface area contributed by atoms with Crippen molar-refractivity contribution in [3.63, 3.8) is 0 Å². The Kier molecular flexibility index (Phi) is 4.02. The average molecular weight is 236 g/mol. The molecule has 2 nitrogen and oxygen atoms in total. The van der Waals surface area contributed by atoms with Crippen LogP contribution in [0.25, 0.3) is 0 Å². The zero-order chi connectivity index (χ0) is 11.5. The van der Waals surface area contributed by atoms with Crippen molar-refractivity contribution < 1.29 is 0 Å². The molecule has 3 fully saturated rings. The molecule has 0 amide bonds. The second kappa shape index (κ2) is 5.71. The van der Waals surface area contributed by atoms with E-state index in [1.807, 2.05) is 0 Å². The summed E-state index contributed by atoms with van der Waals surface area (Å²) in [6.07, 6.45) is 11.7. The van der Waals surface area contributed by atoms with Gasteiger partial charge in [-0.25, -0.2) is 0 Å². The molecule has 3 aliphatic rings. The van der Waals surface area contributed by atoms with Gasteiger partial charge in [-0.3, -0.25) is 0 Å². The summed E-state index contributed by atoms with van der Waals surface area (Å²) in [5.74, 6) is 2.11. The van der Waals surface area contributed by atoms with Gasteiger partial charge in [0.1, 0.15) is 0 Å². The van der Waals surface area contributed by atoms with Gasteiger partial charge in [-0.1, -0.05) is 12.8 Å². The Bertz CT molecular complexity index is 213. The van der Waals surface area contributed by atoms with Crippen LogP contribution in [0.2, 0.25) is 0 Å². The number of nitrogens with zero attached hydrogens (tertiary/aromatic N) is 1. The maximum absolute atomic E-state index is 3.76. The highest BCUT2D eigenvalue weighted by Crippen LogP contribution is 2.33. The minimum Gasteiger partial charge on any atom is -0.313 e. The van der Waals surface area contributed by atoms with E-state index in [1.54, 1.807) is 0 Å². The van der Waals surface area contributed by atoms with E-state index in [-0.39, 0.29) is 0 Å². The zero-order valence-electron chi connectivity index (χ0n) is 11.2. The molecule has 0 saturated heterocycles. The van der Waals surface area contributed by atoms with Crippen LogP contribution in [0.1, 0.15) is 51.4 Å². The molecule has 0 aromatic carbocycles. The summed E-state index contributed by atoms with van der Waals surface area (Å²) < 4.78 is 0. The monoisotopic (exact) mass is 236 g/mol. The molecule has 0 radical (unpaired) electrons. The van der Waals surface area contributed by atoms with E-state index in [0.29, 0.717) is 0 Å². The molecule has 0 bridgehead atoms. The summed E-state index contributed by atoms with van der Waals surface area (Å²) in [6, 6.07) is 0.846. The first kappa shape index (κ1) is 12.0. The molecule has 0 aromatic rings. The largest absolute Gasteiger partial charge is 0.313 e. The lowest BCUT2D eigenvalue weighted by molar-refractivity contribution is 0.248. The first-order valence-corrected chi connectivity index (χ1v) is 7.86. The third-order valence-electron chi connectivity index (χ3n) is 4.64. The van der Waals surface area contributed by atoms with Gasteiger partial charge >= 0.3 is 0 Å². The molecule has 0 aromatic heterocycles. The second-order valence-corrected chi connectivity index (χ2v) is 6.58. The average Bonchev–Trinajstić information content (AvgIpc) is 3.23. The SMILES string of the molecule is C1CCC(NCCN(CC2CC2)CC2CC2)C1. The summed E-state index contributed by atoms with van der Waals surface area (Å²) in [5.41, 5.74) is 0. The summed E-state index contributed by atoms with van der Waals surface area (Å²) >= 11 is 0. The van der Waals surface area contributed by atoms with Gasteiger partial charge in [-0.05, 0) is 50.4 Å². The minimum atomic E-state index is 0.846. The van der Waals surface area contributed by atoms with E-state index >= 15 is 0 Å². The molecule has 98 valence electrons. The fourth-order valence-electron chi connectivity index (χ4n) is 3.14. The summed E-state index contributed by atoms with van der Waals surface area (Å²) in [6.45, 7) is 5.30. The van der Waals surface area contributed by atoms with Crippen molar-refractivity contribution in [3.8, 4) is 0 Å². The Morgan fingerprint density at radius 2 is 1.41 bits per heavy atom. The number of hydrogen-bond donors (Lipinski definition) is 1. The normalized spacial score (nSPS) is 25.9. The van der Waals surface area contributed by atoms with Crippen LogP contribution in [-0.2, 0) is 0 Å². The molecule has 2 heteroatoms. The van der Waals surface area contributed by atoms with E-state index in [2.05, 4.69) is 10.2 Å². The highest BCUT2D eigenvalue weighted by molar-refractivity contribution is 4.83. The van der Waals surface area contributed by atoms with Gasteiger partial charge in [0.25, 0.3) is 0 Å². The van der Waals surface area contributed by atoms with Crippen molar-refractivity contribution in [1.82, 2.24) is 10.2 Å². The minimum absolute atomic E-state index is 0.846. The molecular weight excluding hydrogens is 208 g/mol. The number of hydrogen-bond acceptors (Lipinski definition) is 2. The lowest BCUT2D eigenvalue weighted by Crippen LogP contribution is -2.38. The van der Waals surface area contributed by atoms with Gasteiger partial charge in [0.05, 0.1) is 0 Å². The predicted molar refractivity (Wildman–Crippen MR) is 72.1 cm³/mol. The van der Waals surface area contributed by atoms with Crippen LogP contribution < -0.4 is 5.32 Å². The van der Waals surface area contributed by atoms with Crippen LogP contribution in [0, 0.1) is 11.8 Å². The molecule has 3 aliphatic carbocycles. The van der Waals surface area contributed by atoms with Gasteiger partial charge < -0.3 is 10.2 Å². The van der Waals surface area contributed by atoms with Crippen LogP contribution in [0.3, 0.4) is 0 Å². The van der Waals surface area contributed by atoms with Gasteiger partial charge in [0.15, 0.2) is 0 Å². The van der Waals surface area contributed by atoms with Gasteiger partial charge in [0, 0.05) is 32.2 Å². The molecule has 0 spiro atoms. The topological polar surface area (TPSA) is 15.3 Å². The van der Waals surface area contributed by atoms with Gasteiger partial charge in [-0.2, -0.15) is 0 Å². The highest BCUT2D eigenvalue weighted by Gasteiger charge is 2.28. The summed E-state index contributed by atoms with van der Waals surface area (Å²) in [4.78, 5) is 2.75. The maximum Gasteiger partial charge on any atom is 0.0107 e. The quantitative estimate of drug-likeness (QED) is 0.697. The van der Waals surface area contributed by atoms with Crippen molar-refractivity contribution >= 4 is 0 Å². The Hall–Kier alpha value is -0.0800. The third kappa shape index (κ3) is 4.26. The Balaban J connectivity index is 1.33. The van der Waals surface area contributed by atoms with Gasteiger partial charge in [-0.15, -0.1) is 0 Å². The lowest BCUT2D eigenvalue weighted by Gasteiger charge is -2.23. The molecule has 0 atom stereocenters. The van der Waals surface area contributed by atoms with E-state index in [4.69, 9.17) is 0 Å². The predicted octanol–water partition coefficient (Wildman–Crippen LogP) is 2.64.